The highest BCUT2D eigenvalue weighted by Gasteiger charge is 2.31. The number of carbonyl (C=O) groups excluding carboxylic acids is 1. The van der Waals surface area contributed by atoms with Gasteiger partial charge in [-0.05, 0) is 50.4 Å². The highest BCUT2D eigenvalue weighted by Crippen LogP contribution is 2.22. The van der Waals surface area contributed by atoms with Crippen molar-refractivity contribution in [3.05, 3.63) is 46.0 Å². The SMILES string of the molecule is Cc1ccn2c(=O)cc(CN3CCCC(N4CCCC4=O)C3)nc2c1. The molecule has 6 heteroatoms. The molecule has 0 N–H and O–H groups in total. The molecular weight excluding hydrogens is 316 g/mol. The van der Waals surface area contributed by atoms with Gasteiger partial charge in [-0.3, -0.25) is 18.9 Å². The first-order chi connectivity index (χ1) is 12.1. The first-order valence-corrected chi connectivity index (χ1v) is 9.11. The Morgan fingerprint density at radius 2 is 2.08 bits per heavy atom. The van der Waals surface area contributed by atoms with Crippen molar-refractivity contribution in [3.8, 4) is 0 Å². The number of aromatic nitrogens is 2. The summed E-state index contributed by atoms with van der Waals surface area (Å²) in [6.07, 6.45) is 5.62. The van der Waals surface area contributed by atoms with Crippen LogP contribution in [0.1, 0.15) is 36.9 Å². The minimum atomic E-state index is -0.0386. The van der Waals surface area contributed by atoms with E-state index in [0.717, 1.165) is 50.2 Å². The number of amides is 1. The predicted molar refractivity (Wildman–Crippen MR) is 95.4 cm³/mol. The number of likely N-dealkylation sites (tertiary alicyclic amines) is 2. The van der Waals surface area contributed by atoms with Crippen LogP contribution in [0.4, 0.5) is 0 Å². The van der Waals surface area contributed by atoms with Crippen LogP contribution in [0, 0.1) is 6.92 Å². The van der Waals surface area contributed by atoms with E-state index in [1.165, 1.54) is 0 Å². The van der Waals surface area contributed by atoms with Crippen LogP contribution in [0.5, 0.6) is 0 Å². The molecule has 0 aromatic carbocycles. The minimum absolute atomic E-state index is 0.0386. The second kappa shape index (κ2) is 6.59. The maximum absolute atomic E-state index is 12.3. The van der Waals surface area contributed by atoms with Gasteiger partial charge in [0.2, 0.25) is 5.91 Å². The first kappa shape index (κ1) is 16.3. The van der Waals surface area contributed by atoms with Crippen molar-refractivity contribution < 1.29 is 4.79 Å². The highest BCUT2D eigenvalue weighted by molar-refractivity contribution is 5.78. The summed E-state index contributed by atoms with van der Waals surface area (Å²) in [5.74, 6) is 0.296. The molecule has 1 amide bonds. The summed E-state index contributed by atoms with van der Waals surface area (Å²) < 4.78 is 1.58. The number of hydrogen-bond donors (Lipinski definition) is 0. The molecule has 0 saturated carbocycles. The third-order valence-electron chi connectivity index (χ3n) is 5.29. The molecule has 0 aliphatic carbocycles. The van der Waals surface area contributed by atoms with Gasteiger partial charge < -0.3 is 4.90 Å². The van der Waals surface area contributed by atoms with Crippen molar-refractivity contribution in [2.75, 3.05) is 19.6 Å². The molecule has 0 radical (unpaired) electrons. The van der Waals surface area contributed by atoms with Gasteiger partial charge in [-0.25, -0.2) is 4.98 Å². The molecule has 4 rings (SSSR count). The second-order valence-electron chi connectivity index (χ2n) is 7.24. The van der Waals surface area contributed by atoms with E-state index in [-0.39, 0.29) is 5.56 Å². The Labute approximate surface area is 147 Å². The molecule has 0 spiro atoms. The van der Waals surface area contributed by atoms with Crippen LogP contribution < -0.4 is 5.56 Å². The zero-order valence-electron chi connectivity index (χ0n) is 14.6. The van der Waals surface area contributed by atoms with Gasteiger partial charge in [0.1, 0.15) is 5.65 Å². The molecule has 2 aromatic rings. The Hall–Kier alpha value is -2.21. The number of piperidine rings is 1. The van der Waals surface area contributed by atoms with Crippen LogP contribution in [-0.2, 0) is 11.3 Å². The Morgan fingerprint density at radius 1 is 1.20 bits per heavy atom. The zero-order valence-corrected chi connectivity index (χ0v) is 14.6. The van der Waals surface area contributed by atoms with Gasteiger partial charge in [0.15, 0.2) is 0 Å². The van der Waals surface area contributed by atoms with Gasteiger partial charge in [0, 0.05) is 44.4 Å². The predicted octanol–water partition coefficient (Wildman–Crippen LogP) is 1.59. The average Bonchev–Trinajstić information content (AvgIpc) is 3.01. The fourth-order valence-electron chi connectivity index (χ4n) is 4.05. The minimum Gasteiger partial charge on any atom is -0.338 e. The number of carbonyl (C=O) groups is 1. The Bertz CT molecular complexity index is 860. The third kappa shape index (κ3) is 3.31. The molecule has 0 bridgehead atoms. The molecule has 132 valence electrons. The van der Waals surface area contributed by atoms with Crippen LogP contribution in [0.15, 0.2) is 29.2 Å². The van der Waals surface area contributed by atoms with Crippen LogP contribution >= 0.6 is 0 Å². The smallest absolute Gasteiger partial charge is 0.258 e. The van der Waals surface area contributed by atoms with E-state index in [9.17, 15) is 9.59 Å². The molecule has 2 aliphatic heterocycles. The lowest BCUT2D eigenvalue weighted by atomic mass is 10.0. The van der Waals surface area contributed by atoms with Crippen molar-refractivity contribution >= 4 is 11.6 Å². The molecule has 1 unspecified atom stereocenters. The van der Waals surface area contributed by atoms with Crippen LogP contribution in [0.25, 0.3) is 5.65 Å². The Kier molecular flexibility index (Phi) is 4.29. The van der Waals surface area contributed by atoms with Gasteiger partial charge in [-0.15, -0.1) is 0 Å². The number of nitrogens with zero attached hydrogens (tertiary/aromatic N) is 4. The van der Waals surface area contributed by atoms with Gasteiger partial charge in [-0.1, -0.05) is 0 Å². The van der Waals surface area contributed by atoms with E-state index in [2.05, 4.69) is 14.8 Å². The largest absolute Gasteiger partial charge is 0.338 e. The van der Waals surface area contributed by atoms with Crippen LogP contribution in [-0.4, -0.2) is 50.8 Å². The van der Waals surface area contributed by atoms with Gasteiger partial charge >= 0.3 is 0 Å². The van der Waals surface area contributed by atoms with E-state index < -0.39 is 0 Å². The first-order valence-electron chi connectivity index (χ1n) is 9.11. The normalized spacial score (nSPS) is 22.0. The summed E-state index contributed by atoms with van der Waals surface area (Å²) in [6.45, 7) is 5.43. The molecule has 2 aromatic heterocycles. The molecule has 2 saturated heterocycles. The lowest BCUT2D eigenvalue weighted by Gasteiger charge is -2.37. The number of rotatable bonds is 3. The summed E-state index contributed by atoms with van der Waals surface area (Å²) in [5.41, 5.74) is 2.56. The van der Waals surface area contributed by atoms with Gasteiger partial charge in [0.25, 0.3) is 5.56 Å². The monoisotopic (exact) mass is 340 g/mol. The number of hydrogen-bond acceptors (Lipinski definition) is 4. The fourth-order valence-corrected chi connectivity index (χ4v) is 4.05. The number of pyridine rings is 1. The summed E-state index contributed by atoms with van der Waals surface area (Å²) >= 11 is 0. The van der Waals surface area contributed by atoms with E-state index >= 15 is 0 Å². The molecule has 1 atom stereocenters. The lowest BCUT2D eigenvalue weighted by molar-refractivity contribution is -0.130. The number of fused-ring (bicyclic) bond motifs is 1. The zero-order chi connectivity index (χ0) is 17.4. The lowest BCUT2D eigenvalue weighted by Crippen LogP contribution is -2.48. The Morgan fingerprint density at radius 3 is 2.88 bits per heavy atom. The average molecular weight is 340 g/mol. The van der Waals surface area contributed by atoms with Gasteiger partial charge in [0.05, 0.1) is 5.69 Å². The van der Waals surface area contributed by atoms with Gasteiger partial charge in [-0.2, -0.15) is 0 Å². The highest BCUT2D eigenvalue weighted by atomic mass is 16.2. The summed E-state index contributed by atoms with van der Waals surface area (Å²) in [5, 5.41) is 0. The van der Waals surface area contributed by atoms with E-state index in [1.807, 2.05) is 19.1 Å². The maximum Gasteiger partial charge on any atom is 0.258 e. The third-order valence-corrected chi connectivity index (χ3v) is 5.29. The van der Waals surface area contributed by atoms with E-state index in [4.69, 9.17) is 0 Å². The van der Waals surface area contributed by atoms with Crippen molar-refractivity contribution in [1.82, 2.24) is 19.2 Å². The topological polar surface area (TPSA) is 57.9 Å². The molecule has 6 nitrogen and oxygen atoms in total. The summed E-state index contributed by atoms with van der Waals surface area (Å²) in [6, 6.07) is 5.80. The van der Waals surface area contributed by atoms with Crippen LogP contribution in [0.2, 0.25) is 0 Å². The Balaban J connectivity index is 1.52. The fraction of sp³-hybridized carbons (Fsp3) is 0.526. The van der Waals surface area contributed by atoms with Crippen molar-refractivity contribution in [3.63, 3.8) is 0 Å². The standard InChI is InChI=1S/C19H24N4O2/c1-14-6-9-23-17(10-14)20-15(11-19(23)25)12-21-7-2-4-16(13-21)22-8-3-5-18(22)24/h6,9-11,16H,2-5,7-8,12-13H2,1H3. The van der Waals surface area contributed by atoms with E-state index in [0.29, 0.717) is 30.6 Å². The summed E-state index contributed by atoms with van der Waals surface area (Å²) in [4.78, 5) is 33.4. The molecule has 2 aliphatic rings. The molecule has 4 heterocycles. The maximum atomic E-state index is 12.3. The molecular formula is C19H24N4O2. The summed E-state index contributed by atoms with van der Waals surface area (Å²) in [7, 11) is 0. The van der Waals surface area contributed by atoms with Crippen molar-refractivity contribution in [2.24, 2.45) is 0 Å². The van der Waals surface area contributed by atoms with Crippen LogP contribution in [0.3, 0.4) is 0 Å². The van der Waals surface area contributed by atoms with E-state index in [1.54, 1.807) is 16.7 Å². The molecule has 25 heavy (non-hydrogen) atoms. The molecule has 2 fully saturated rings. The second-order valence-corrected chi connectivity index (χ2v) is 7.24. The number of aryl methyl sites for hydroxylation is 1. The van der Waals surface area contributed by atoms with Crippen molar-refractivity contribution in [1.29, 1.82) is 0 Å². The van der Waals surface area contributed by atoms with Crippen molar-refractivity contribution in [2.45, 2.75) is 45.2 Å². The quantitative estimate of drug-likeness (QED) is 0.851.